The number of amides is 1. The number of carbonyl (C=O) groups excluding carboxylic acids is 1. The van der Waals surface area contributed by atoms with Crippen LogP contribution in [0.5, 0.6) is 0 Å². The van der Waals surface area contributed by atoms with Crippen LogP contribution in [0.4, 0.5) is 0 Å². The quantitative estimate of drug-likeness (QED) is 0.761. The van der Waals surface area contributed by atoms with Gasteiger partial charge in [0.15, 0.2) is 0 Å². The molecule has 1 aliphatic heterocycles. The minimum absolute atomic E-state index is 0.164. The van der Waals surface area contributed by atoms with Gasteiger partial charge in [0.25, 0.3) is 5.91 Å². The molecule has 2 aromatic heterocycles. The van der Waals surface area contributed by atoms with E-state index in [1.165, 1.54) is 4.40 Å². The summed E-state index contributed by atoms with van der Waals surface area (Å²) in [5.74, 6) is -0.186. The van der Waals surface area contributed by atoms with Gasteiger partial charge in [0.2, 0.25) is 0 Å². The van der Waals surface area contributed by atoms with Crippen LogP contribution in [-0.4, -0.2) is 26.4 Å². The molecule has 0 atom stereocenters. The number of hydrogen-bond donors (Lipinski definition) is 1. The zero-order valence-corrected chi connectivity index (χ0v) is 10.6. The lowest BCUT2D eigenvalue weighted by atomic mass is 10.1. The van der Waals surface area contributed by atoms with Gasteiger partial charge in [-0.1, -0.05) is 12.8 Å². The fraction of sp³-hybridized carbons (Fsp3) is 0.462. The van der Waals surface area contributed by atoms with Gasteiger partial charge in [0.1, 0.15) is 5.69 Å². The number of hydrogen-bond acceptors (Lipinski definition) is 3. The van der Waals surface area contributed by atoms with Crippen molar-refractivity contribution in [2.75, 3.05) is 6.54 Å². The third-order valence-corrected chi connectivity index (χ3v) is 3.52. The van der Waals surface area contributed by atoms with Crippen molar-refractivity contribution in [3.05, 3.63) is 34.8 Å². The predicted molar refractivity (Wildman–Crippen MR) is 70.3 cm³/mol. The first kappa shape index (κ1) is 12.0. The van der Waals surface area contributed by atoms with E-state index < -0.39 is 0 Å². The smallest absolute Gasteiger partial charge is 0.333 e. The predicted octanol–water partition coefficient (Wildman–Crippen LogP) is 0.800. The molecule has 1 aliphatic rings. The fourth-order valence-corrected chi connectivity index (χ4v) is 2.55. The molecule has 0 radical (unpaired) electrons. The molecule has 6 heteroatoms. The molecule has 0 aromatic carbocycles. The topological polar surface area (TPSA) is 68.4 Å². The lowest BCUT2D eigenvalue weighted by molar-refractivity contribution is 0.0943. The van der Waals surface area contributed by atoms with Crippen molar-refractivity contribution in [1.29, 1.82) is 0 Å². The van der Waals surface area contributed by atoms with Crippen molar-refractivity contribution in [3.63, 3.8) is 0 Å². The van der Waals surface area contributed by atoms with Crippen molar-refractivity contribution >= 4 is 11.4 Å². The molecule has 1 N–H and O–H groups in total. The van der Waals surface area contributed by atoms with Crippen LogP contribution in [0.15, 0.2) is 23.4 Å². The summed E-state index contributed by atoms with van der Waals surface area (Å²) in [6.07, 6.45) is 8.79. The Labute approximate surface area is 110 Å². The summed E-state index contributed by atoms with van der Waals surface area (Å²) in [6, 6.07) is 0. The van der Waals surface area contributed by atoms with Crippen molar-refractivity contribution in [2.24, 2.45) is 0 Å². The molecule has 1 amide bonds. The highest BCUT2D eigenvalue weighted by Gasteiger charge is 2.20. The number of nitrogens with zero attached hydrogens (tertiary/aromatic N) is 3. The number of carbonyl (C=O) groups is 1. The van der Waals surface area contributed by atoms with Crippen LogP contribution in [0.25, 0.3) is 5.52 Å². The molecule has 0 saturated carbocycles. The molecule has 100 valence electrons. The second kappa shape index (κ2) is 4.87. The van der Waals surface area contributed by atoms with Crippen molar-refractivity contribution in [2.45, 2.75) is 32.2 Å². The Hall–Kier alpha value is -2.11. The number of nitrogens with one attached hydrogen (secondary N) is 1. The number of rotatable bonds is 0. The van der Waals surface area contributed by atoms with Crippen LogP contribution >= 0.6 is 0 Å². The van der Waals surface area contributed by atoms with Gasteiger partial charge in [0, 0.05) is 25.5 Å². The van der Waals surface area contributed by atoms with Gasteiger partial charge in [0.05, 0.1) is 11.7 Å². The highest BCUT2D eigenvalue weighted by Crippen LogP contribution is 2.12. The second-order valence-corrected chi connectivity index (χ2v) is 4.78. The fourth-order valence-electron chi connectivity index (χ4n) is 2.55. The largest absolute Gasteiger partial charge is 0.351 e. The molecule has 0 unspecified atom stereocenters. The third kappa shape index (κ3) is 2.03. The SMILES string of the molecule is O=C1NCCCCCCn2c1c1cnccn1c2=O. The Morgan fingerprint density at radius 1 is 1.16 bits per heavy atom. The van der Waals surface area contributed by atoms with E-state index in [2.05, 4.69) is 10.3 Å². The van der Waals surface area contributed by atoms with E-state index in [0.717, 1.165) is 25.7 Å². The lowest BCUT2D eigenvalue weighted by Crippen LogP contribution is -2.30. The molecule has 2 aromatic rings. The summed E-state index contributed by atoms with van der Waals surface area (Å²) < 4.78 is 3.05. The van der Waals surface area contributed by atoms with E-state index in [0.29, 0.717) is 24.3 Å². The van der Waals surface area contributed by atoms with E-state index in [1.54, 1.807) is 23.2 Å². The molecule has 3 rings (SSSR count). The van der Waals surface area contributed by atoms with E-state index >= 15 is 0 Å². The standard InChI is InChI=1S/C13H16N4O2/c18-12-11-10-9-14-6-8-16(10)13(19)17(11)7-4-2-1-3-5-15-12/h6,8-9H,1-5,7H2,(H,15,18). The number of fused-ring (bicyclic) bond motifs is 3. The lowest BCUT2D eigenvalue weighted by Gasteiger charge is -2.11. The molecule has 0 aliphatic carbocycles. The maximum atomic E-state index is 12.3. The van der Waals surface area contributed by atoms with E-state index in [9.17, 15) is 9.59 Å². The molecule has 0 bridgehead atoms. The Morgan fingerprint density at radius 2 is 2.00 bits per heavy atom. The minimum Gasteiger partial charge on any atom is -0.351 e. The molecule has 0 saturated heterocycles. The van der Waals surface area contributed by atoms with Crippen LogP contribution in [0.3, 0.4) is 0 Å². The van der Waals surface area contributed by atoms with Crippen LogP contribution in [-0.2, 0) is 6.54 Å². The summed E-state index contributed by atoms with van der Waals surface area (Å²) in [6.45, 7) is 1.24. The minimum atomic E-state index is -0.186. The van der Waals surface area contributed by atoms with Gasteiger partial charge in [-0.2, -0.15) is 0 Å². The number of aromatic nitrogens is 3. The maximum Gasteiger partial charge on any atom is 0.333 e. The van der Waals surface area contributed by atoms with Crippen molar-refractivity contribution in [1.82, 2.24) is 19.3 Å². The van der Waals surface area contributed by atoms with Crippen LogP contribution in [0.1, 0.15) is 36.2 Å². The Balaban J connectivity index is 2.20. The molecule has 6 nitrogen and oxygen atoms in total. The third-order valence-electron chi connectivity index (χ3n) is 3.52. The van der Waals surface area contributed by atoms with Crippen LogP contribution in [0.2, 0.25) is 0 Å². The van der Waals surface area contributed by atoms with Gasteiger partial charge < -0.3 is 5.32 Å². The van der Waals surface area contributed by atoms with E-state index in [4.69, 9.17) is 0 Å². The highest BCUT2D eigenvalue weighted by molar-refractivity contribution is 5.99. The first-order chi connectivity index (χ1) is 9.29. The average Bonchev–Trinajstić information content (AvgIpc) is 2.72. The monoisotopic (exact) mass is 260 g/mol. The van der Waals surface area contributed by atoms with Crippen molar-refractivity contribution < 1.29 is 4.79 Å². The Morgan fingerprint density at radius 3 is 2.89 bits per heavy atom. The molecular formula is C13H16N4O2. The van der Waals surface area contributed by atoms with Crippen molar-refractivity contribution in [3.8, 4) is 0 Å². The first-order valence-electron chi connectivity index (χ1n) is 6.62. The number of imidazole rings is 1. The second-order valence-electron chi connectivity index (χ2n) is 4.78. The summed E-state index contributed by atoms with van der Waals surface area (Å²) >= 11 is 0. The van der Waals surface area contributed by atoms with Gasteiger partial charge in [-0.15, -0.1) is 0 Å². The summed E-state index contributed by atoms with van der Waals surface area (Å²) in [5.41, 5.74) is 0.841. The Kier molecular flexibility index (Phi) is 3.06. The van der Waals surface area contributed by atoms with E-state index in [-0.39, 0.29) is 11.6 Å². The van der Waals surface area contributed by atoms with Gasteiger partial charge >= 0.3 is 5.69 Å². The van der Waals surface area contributed by atoms with Gasteiger partial charge in [-0.3, -0.25) is 18.7 Å². The maximum absolute atomic E-state index is 12.3. The van der Waals surface area contributed by atoms with Gasteiger partial charge in [-0.05, 0) is 12.8 Å². The average molecular weight is 260 g/mol. The summed E-state index contributed by atoms with van der Waals surface area (Å²) in [7, 11) is 0. The van der Waals surface area contributed by atoms with Crippen LogP contribution < -0.4 is 11.0 Å². The molecule has 19 heavy (non-hydrogen) atoms. The normalized spacial score (nSPS) is 16.9. The first-order valence-corrected chi connectivity index (χ1v) is 6.62. The molecule has 0 spiro atoms. The summed E-state index contributed by atoms with van der Waals surface area (Å²) in [4.78, 5) is 28.6. The molecule has 3 heterocycles. The Bertz CT molecular complexity index is 671. The zero-order chi connectivity index (χ0) is 13.2. The highest BCUT2D eigenvalue weighted by atomic mass is 16.2. The van der Waals surface area contributed by atoms with Crippen LogP contribution in [0, 0.1) is 0 Å². The summed E-state index contributed by atoms with van der Waals surface area (Å²) in [5, 5.41) is 2.87. The van der Waals surface area contributed by atoms with Gasteiger partial charge in [-0.25, -0.2) is 4.79 Å². The zero-order valence-electron chi connectivity index (χ0n) is 10.6. The molecule has 0 fully saturated rings. The van der Waals surface area contributed by atoms with E-state index in [1.807, 2.05) is 0 Å². The molecular weight excluding hydrogens is 244 g/mol.